The van der Waals surface area contributed by atoms with Gasteiger partial charge in [-0.2, -0.15) is 5.10 Å². The van der Waals surface area contributed by atoms with Crippen LogP contribution in [-0.2, 0) is 21.4 Å². The molecule has 4 aromatic rings. The van der Waals surface area contributed by atoms with Crippen molar-refractivity contribution in [2.45, 2.75) is 51.9 Å². The van der Waals surface area contributed by atoms with Gasteiger partial charge < -0.3 is 10.2 Å². The fourth-order valence-corrected chi connectivity index (χ4v) is 5.12. The Morgan fingerprint density at radius 3 is 2.27 bits per heavy atom. The molecule has 0 radical (unpaired) electrons. The summed E-state index contributed by atoms with van der Waals surface area (Å²) < 4.78 is 1.80. The molecule has 6 heteroatoms. The normalized spacial score (nSPS) is 16.4. The van der Waals surface area contributed by atoms with Crippen molar-refractivity contribution >= 4 is 17.6 Å². The van der Waals surface area contributed by atoms with E-state index in [1.165, 1.54) is 5.56 Å². The third kappa shape index (κ3) is 6.33. The van der Waals surface area contributed by atoms with Crippen molar-refractivity contribution < 1.29 is 9.59 Å². The van der Waals surface area contributed by atoms with Crippen LogP contribution in [0.15, 0.2) is 91.0 Å². The Morgan fingerprint density at radius 1 is 0.950 bits per heavy atom. The Labute approximate surface area is 237 Å². The number of para-hydroxylation sites is 1. The number of nitrogens with one attached hydrogen (secondary N) is 1. The predicted octanol–water partition coefficient (Wildman–Crippen LogP) is 6.29. The van der Waals surface area contributed by atoms with E-state index in [1.54, 1.807) is 9.58 Å². The molecule has 206 valence electrons. The zero-order valence-corrected chi connectivity index (χ0v) is 23.8. The maximum absolute atomic E-state index is 13.7. The lowest BCUT2D eigenvalue weighted by Crippen LogP contribution is -2.40. The summed E-state index contributed by atoms with van der Waals surface area (Å²) in [4.78, 5) is 28.9. The van der Waals surface area contributed by atoms with Crippen LogP contribution in [0.25, 0.3) is 5.69 Å². The highest BCUT2D eigenvalue weighted by Gasteiger charge is 2.45. The highest BCUT2D eigenvalue weighted by atomic mass is 16.2. The van der Waals surface area contributed by atoms with E-state index in [-0.39, 0.29) is 35.6 Å². The molecule has 2 amide bonds. The summed E-state index contributed by atoms with van der Waals surface area (Å²) in [6.45, 7) is 8.82. The predicted molar refractivity (Wildman–Crippen MR) is 160 cm³/mol. The Kier molecular flexibility index (Phi) is 7.88. The monoisotopic (exact) mass is 534 g/mol. The Hall–Kier alpha value is -4.19. The molecule has 1 heterocycles. The third-order valence-corrected chi connectivity index (χ3v) is 7.58. The zero-order valence-electron chi connectivity index (χ0n) is 23.8. The fourth-order valence-electron chi connectivity index (χ4n) is 5.12. The SMILES string of the molecule is Cc1ccccc1-n1nc(C(C)(C)C)cc1NC(=O)CN(CCc1ccccc1)C(=O)C1CC1c1ccccc1. The molecule has 0 aliphatic heterocycles. The summed E-state index contributed by atoms with van der Waals surface area (Å²) in [5.41, 5.74) is 4.99. The molecule has 40 heavy (non-hydrogen) atoms. The molecule has 1 fully saturated rings. The van der Waals surface area contributed by atoms with Gasteiger partial charge in [0.25, 0.3) is 0 Å². The molecule has 3 aromatic carbocycles. The summed E-state index contributed by atoms with van der Waals surface area (Å²) in [6.07, 6.45) is 1.51. The lowest BCUT2D eigenvalue weighted by molar-refractivity contribution is -0.135. The first-order chi connectivity index (χ1) is 19.2. The molecule has 1 aliphatic rings. The summed E-state index contributed by atoms with van der Waals surface area (Å²) in [7, 11) is 0. The molecule has 0 saturated heterocycles. The molecular formula is C34H38N4O2. The Morgan fingerprint density at radius 2 is 1.60 bits per heavy atom. The largest absolute Gasteiger partial charge is 0.333 e. The van der Waals surface area contributed by atoms with Crippen LogP contribution in [0.2, 0.25) is 0 Å². The van der Waals surface area contributed by atoms with Crippen molar-refractivity contribution in [3.05, 3.63) is 113 Å². The number of hydrogen-bond acceptors (Lipinski definition) is 3. The van der Waals surface area contributed by atoms with Crippen LogP contribution in [0.1, 0.15) is 55.5 Å². The van der Waals surface area contributed by atoms with E-state index in [1.807, 2.05) is 73.7 Å². The van der Waals surface area contributed by atoms with Gasteiger partial charge in [-0.15, -0.1) is 0 Å². The summed E-state index contributed by atoms with van der Waals surface area (Å²) in [6, 6.07) is 30.2. The van der Waals surface area contributed by atoms with Crippen LogP contribution < -0.4 is 5.32 Å². The van der Waals surface area contributed by atoms with Gasteiger partial charge in [0.2, 0.25) is 11.8 Å². The number of anilines is 1. The van der Waals surface area contributed by atoms with E-state index in [0.717, 1.165) is 28.9 Å². The lowest BCUT2D eigenvalue weighted by Gasteiger charge is -2.23. The Bertz CT molecular complexity index is 1470. The van der Waals surface area contributed by atoms with Crippen LogP contribution in [-0.4, -0.2) is 39.6 Å². The molecular weight excluding hydrogens is 496 g/mol. The van der Waals surface area contributed by atoms with Gasteiger partial charge in [0.15, 0.2) is 0 Å². The first-order valence-electron chi connectivity index (χ1n) is 14.0. The number of aromatic nitrogens is 2. The third-order valence-electron chi connectivity index (χ3n) is 7.58. The zero-order chi connectivity index (χ0) is 28.3. The van der Waals surface area contributed by atoms with Crippen LogP contribution in [0.4, 0.5) is 5.82 Å². The van der Waals surface area contributed by atoms with Crippen LogP contribution in [0, 0.1) is 12.8 Å². The van der Waals surface area contributed by atoms with Crippen LogP contribution in [0.5, 0.6) is 0 Å². The van der Waals surface area contributed by atoms with Gasteiger partial charge in [0.1, 0.15) is 5.82 Å². The number of nitrogens with zero attached hydrogens (tertiary/aromatic N) is 3. The number of benzene rings is 3. The average Bonchev–Trinajstić information content (AvgIpc) is 3.64. The topological polar surface area (TPSA) is 67.2 Å². The minimum atomic E-state index is -0.228. The van der Waals surface area contributed by atoms with Gasteiger partial charge in [-0.1, -0.05) is 99.6 Å². The molecule has 0 spiro atoms. The summed E-state index contributed by atoms with van der Waals surface area (Å²) in [5.74, 6) is 0.549. The minimum Gasteiger partial charge on any atom is -0.333 e. The summed E-state index contributed by atoms with van der Waals surface area (Å²) >= 11 is 0. The first kappa shape index (κ1) is 27.4. The molecule has 1 saturated carbocycles. The number of carbonyl (C=O) groups is 2. The van der Waals surface area contributed by atoms with Gasteiger partial charge >= 0.3 is 0 Å². The van der Waals surface area contributed by atoms with Crippen molar-refractivity contribution in [3.63, 3.8) is 0 Å². The molecule has 2 unspecified atom stereocenters. The number of rotatable bonds is 9. The number of carbonyl (C=O) groups excluding carboxylic acids is 2. The van der Waals surface area contributed by atoms with E-state index in [4.69, 9.17) is 5.10 Å². The van der Waals surface area contributed by atoms with E-state index in [9.17, 15) is 9.59 Å². The molecule has 5 rings (SSSR count). The van der Waals surface area contributed by atoms with E-state index in [0.29, 0.717) is 18.8 Å². The molecule has 2 atom stereocenters. The van der Waals surface area contributed by atoms with Crippen molar-refractivity contribution in [2.24, 2.45) is 5.92 Å². The van der Waals surface area contributed by atoms with Crippen LogP contribution in [0.3, 0.4) is 0 Å². The number of hydrogen-bond donors (Lipinski definition) is 1. The lowest BCUT2D eigenvalue weighted by atomic mass is 9.92. The standard InChI is InChI=1S/C34H38N4O2/c1-24-13-11-12-18-29(24)38-31(22-30(36-38)34(2,3)4)35-32(39)23-37(20-19-25-14-7-5-8-15-25)33(40)28-21-27(28)26-16-9-6-10-17-26/h5-18,22,27-28H,19-21,23H2,1-4H3,(H,35,39). The number of amides is 2. The second-order valence-electron chi connectivity index (χ2n) is 11.8. The van der Waals surface area contributed by atoms with Crippen molar-refractivity contribution in [3.8, 4) is 5.69 Å². The van der Waals surface area contributed by atoms with Crippen molar-refractivity contribution in [1.82, 2.24) is 14.7 Å². The van der Waals surface area contributed by atoms with Crippen molar-refractivity contribution in [2.75, 3.05) is 18.4 Å². The van der Waals surface area contributed by atoms with E-state index in [2.05, 4.69) is 50.4 Å². The minimum absolute atomic E-state index is 0.00647. The maximum atomic E-state index is 13.7. The van der Waals surface area contributed by atoms with Gasteiger partial charge in [-0.3, -0.25) is 9.59 Å². The first-order valence-corrected chi connectivity index (χ1v) is 14.0. The number of aryl methyl sites for hydroxylation is 1. The van der Waals surface area contributed by atoms with Crippen LogP contribution >= 0.6 is 0 Å². The van der Waals surface area contributed by atoms with E-state index < -0.39 is 0 Å². The highest BCUT2D eigenvalue weighted by Crippen LogP contribution is 2.48. The molecule has 6 nitrogen and oxygen atoms in total. The quantitative estimate of drug-likeness (QED) is 0.274. The average molecular weight is 535 g/mol. The smallest absolute Gasteiger partial charge is 0.245 e. The molecule has 1 N–H and O–H groups in total. The van der Waals surface area contributed by atoms with Gasteiger partial charge in [0, 0.05) is 23.9 Å². The summed E-state index contributed by atoms with van der Waals surface area (Å²) in [5, 5.41) is 7.94. The van der Waals surface area contributed by atoms with E-state index >= 15 is 0 Å². The Balaban J connectivity index is 1.36. The maximum Gasteiger partial charge on any atom is 0.245 e. The fraction of sp³-hybridized carbons (Fsp3) is 0.324. The van der Waals surface area contributed by atoms with Gasteiger partial charge in [0.05, 0.1) is 17.9 Å². The molecule has 0 bridgehead atoms. The van der Waals surface area contributed by atoms with Gasteiger partial charge in [-0.25, -0.2) is 4.68 Å². The van der Waals surface area contributed by atoms with Gasteiger partial charge in [-0.05, 0) is 48.4 Å². The highest BCUT2D eigenvalue weighted by molar-refractivity contribution is 5.95. The second-order valence-corrected chi connectivity index (χ2v) is 11.8. The molecule has 1 aliphatic carbocycles. The molecule has 1 aromatic heterocycles. The van der Waals surface area contributed by atoms with Crippen molar-refractivity contribution in [1.29, 1.82) is 0 Å². The second kappa shape index (κ2) is 11.5.